The molecular weight excluding hydrogens is 385 g/mol. The van der Waals surface area contributed by atoms with Crippen LogP contribution in [0, 0.1) is 6.92 Å². The topological polar surface area (TPSA) is 68.0 Å². The number of amides is 1. The van der Waals surface area contributed by atoms with Gasteiger partial charge in [-0.1, -0.05) is 6.92 Å². The third-order valence-corrected chi connectivity index (χ3v) is 5.75. The van der Waals surface area contributed by atoms with Crippen molar-refractivity contribution in [3.8, 4) is 0 Å². The van der Waals surface area contributed by atoms with Crippen LogP contribution in [0.4, 0.5) is 19.0 Å². The first-order valence-corrected chi connectivity index (χ1v) is 9.97. The highest BCUT2D eigenvalue weighted by atomic mass is 19.4. The number of anilines is 1. The van der Waals surface area contributed by atoms with Crippen LogP contribution in [0.25, 0.3) is 0 Å². The molecule has 0 aliphatic carbocycles. The molecule has 1 saturated heterocycles. The van der Waals surface area contributed by atoms with E-state index in [1.807, 2.05) is 13.8 Å². The van der Waals surface area contributed by atoms with E-state index in [9.17, 15) is 18.0 Å². The summed E-state index contributed by atoms with van der Waals surface area (Å²) in [6.45, 7) is 4.45. The summed E-state index contributed by atoms with van der Waals surface area (Å²) in [5.74, 6) is 0.274. The molecule has 29 heavy (non-hydrogen) atoms. The molecule has 0 spiro atoms. The van der Waals surface area contributed by atoms with Crippen molar-refractivity contribution in [1.82, 2.24) is 24.5 Å². The van der Waals surface area contributed by atoms with Crippen molar-refractivity contribution < 1.29 is 18.0 Å². The normalized spacial score (nSPS) is 24.4. The van der Waals surface area contributed by atoms with Gasteiger partial charge in [0.1, 0.15) is 12.4 Å². The lowest BCUT2D eigenvalue weighted by Gasteiger charge is -2.32. The number of carbonyl (C=O) groups is 1. The van der Waals surface area contributed by atoms with Crippen LogP contribution < -0.4 is 5.32 Å². The van der Waals surface area contributed by atoms with E-state index < -0.39 is 12.2 Å². The molecule has 7 nitrogen and oxygen atoms in total. The number of nitrogens with one attached hydrogen (secondary N) is 1. The first-order chi connectivity index (χ1) is 13.8. The lowest BCUT2D eigenvalue weighted by atomic mass is 10.0. The minimum atomic E-state index is -4.36. The quantitative estimate of drug-likeness (QED) is 0.838. The Morgan fingerprint density at radius 2 is 2.17 bits per heavy atom. The van der Waals surface area contributed by atoms with E-state index in [1.54, 1.807) is 28.0 Å². The molecule has 1 N–H and O–H groups in total. The summed E-state index contributed by atoms with van der Waals surface area (Å²) >= 11 is 0. The molecular formula is C19H25F3N6O. The van der Waals surface area contributed by atoms with Crippen LogP contribution in [0.1, 0.15) is 55.9 Å². The minimum Gasteiger partial charge on any atom is -0.367 e. The molecule has 4 rings (SSSR count). The number of likely N-dealkylation sites (tertiary alicyclic amines) is 1. The van der Waals surface area contributed by atoms with E-state index in [-0.39, 0.29) is 31.0 Å². The van der Waals surface area contributed by atoms with Gasteiger partial charge in [0.15, 0.2) is 6.04 Å². The molecule has 0 radical (unpaired) electrons. The fraction of sp³-hybridized carbons (Fsp3) is 0.632. The van der Waals surface area contributed by atoms with Crippen LogP contribution in [-0.2, 0) is 11.3 Å². The van der Waals surface area contributed by atoms with Crippen molar-refractivity contribution in [2.45, 2.75) is 70.4 Å². The van der Waals surface area contributed by atoms with E-state index >= 15 is 0 Å². The number of aromatic nitrogens is 4. The van der Waals surface area contributed by atoms with Gasteiger partial charge in [0, 0.05) is 24.8 Å². The van der Waals surface area contributed by atoms with Crippen LogP contribution >= 0.6 is 0 Å². The zero-order valence-electron chi connectivity index (χ0n) is 16.5. The summed E-state index contributed by atoms with van der Waals surface area (Å²) in [6, 6.07) is -0.527. The molecule has 1 amide bonds. The molecule has 0 bridgehead atoms. The van der Waals surface area contributed by atoms with Crippen molar-refractivity contribution >= 4 is 11.7 Å². The molecule has 2 aliphatic rings. The molecule has 2 aliphatic heterocycles. The minimum absolute atomic E-state index is 0.0416. The van der Waals surface area contributed by atoms with Gasteiger partial charge in [-0.25, -0.2) is 4.68 Å². The van der Waals surface area contributed by atoms with E-state index in [4.69, 9.17) is 0 Å². The lowest BCUT2D eigenvalue weighted by Crippen LogP contribution is -2.39. The third-order valence-electron chi connectivity index (χ3n) is 5.75. The maximum atomic E-state index is 13.6. The summed E-state index contributed by atoms with van der Waals surface area (Å²) in [6.07, 6.45) is 1.16. The van der Waals surface area contributed by atoms with Crippen LogP contribution in [0.15, 0.2) is 18.5 Å². The van der Waals surface area contributed by atoms with E-state index in [0.717, 1.165) is 16.7 Å². The van der Waals surface area contributed by atoms with Crippen molar-refractivity contribution in [3.05, 3.63) is 29.7 Å². The number of alkyl halides is 3. The predicted octanol–water partition coefficient (Wildman–Crippen LogP) is 3.45. The van der Waals surface area contributed by atoms with Gasteiger partial charge in [-0.15, -0.1) is 0 Å². The maximum Gasteiger partial charge on any atom is 0.410 e. The molecule has 10 heteroatoms. The summed E-state index contributed by atoms with van der Waals surface area (Å²) in [7, 11) is 0. The Morgan fingerprint density at radius 1 is 1.38 bits per heavy atom. The number of fused-ring (bicyclic) bond motifs is 1. The Morgan fingerprint density at radius 3 is 2.83 bits per heavy atom. The van der Waals surface area contributed by atoms with Gasteiger partial charge in [-0.05, 0) is 38.2 Å². The third kappa shape index (κ3) is 3.84. The molecule has 0 saturated carbocycles. The summed E-state index contributed by atoms with van der Waals surface area (Å²) in [5.41, 5.74) is 1.48. The zero-order chi connectivity index (χ0) is 20.8. The number of nitrogens with zero attached hydrogens (tertiary/aromatic N) is 5. The number of aryl methyl sites for hydroxylation is 1. The highest BCUT2D eigenvalue weighted by molar-refractivity contribution is 5.76. The molecule has 2 aromatic rings. The maximum absolute atomic E-state index is 13.6. The molecule has 158 valence electrons. The van der Waals surface area contributed by atoms with Gasteiger partial charge in [0.2, 0.25) is 5.91 Å². The van der Waals surface area contributed by atoms with Crippen LogP contribution in [0.3, 0.4) is 0 Å². The summed E-state index contributed by atoms with van der Waals surface area (Å²) in [4.78, 5) is 14.5. The Balaban J connectivity index is 1.58. The fourth-order valence-electron chi connectivity index (χ4n) is 4.26. The molecule has 3 atom stereocenters. The average Bonchev–Trinajstić information content (AvgIpc) is 3.38. The number of carbonyl (C=O) groups excluding carboxylic acids is 1. The van der Waals surface area contributed by atoms with Crippen molar-refractivity contribution in [1.29, 1.82) is 0 Å². The van der Waals surface area contributed by atoms with Crippen LogP contribution in [0.2, 0.25) is 0 Å². The molecule has 0 aromatic carbocycles. The zero-order valence-corrected chi connectivity index (χ0v) is 16.5. The predicted molar refractivity (Wildman–Crippen MR) is 100 cm³/mol. The number of hydrogen-bond acceptors (Lipinski definition) is 4. The van der Waals surface area contributed by atoms with E-state index in [1.165, 1.54) is 0 Å². The second-order valence-electron chi connectivity index (χ2n) is 7.90. The van der Waals surface area contributed by atoms with Crippen molar-refractivity contribution in [3.63, 3.8) is 0 Å². The average molecular weight is 410 g/mol. The summed E-state index contributed by atoms with van der Waals surface area (Å²) in [5, 5.41) is 11.6. The highest BCUT2D eigenvalue weighted by Gasteiger charge is 2.46. The number of hydrogen-bond donors (Lipinski definition) is 1. The summed E-state index contributed by atoms with van der Waals surface area (Å²) < 4.78 is 43.4. The Bertz CT molecular complexity index is 889. The lowest BCUT2D eigenvalue weighted by molar-refractivity contribution is -0.173. The smallest absolute Gasteiger partial charge is 0.367 e. The van der Waals surface area contributed by atoms with Gasteiger partial charge >= 0.3 is 6.18 Å². The Kier molecular flexibility index (Phi) is 5.04. The van der Waals surface area contributed by atoms with E-state index in [0.29, 0.717) is 30.9 Å². The number of halogens is 3. The fourth-order valence-corrected chi connectivity index (χ4v) is 4.26. The number of rotatable bonds is 4. The van der Waals surface area contributed by atoms with Crippen molar-refractivity contribution in [2.24, 2.45) is 0 Å². The monoisotopic (exact) mass is 410 g/mol. The highest BCUT2D eigenvalue weighted by Crippen LogP contribution is 2.42. The van der Waals surface area contributed by atoms with Gasteiger partial charge in [-0.3, -0.25) is 9.48 Å². The van der Waals surface area contributed by atoms with Gasteiger partial charge in [0.25, 0.3) is 0 Å². The van der Waals surface area contributed by atoms with Crippen LogP contribution in [-0.4, -0.2) is 49.1 Å². The standard InChI is InChI=1S/C19H25F3N6O/c1-3-13-7-16(19(20,21)22)28-17(24-13)8-14(25-28)15-5-4-6-27(15)18(29)11-26-10-12(2)9-23-26/h8-10,13,15-16,24H,3-7,11H2,1-2H3/t13-,15?,16-/m1/s1. The molecule has 1 unspecified atom stereocenters. The van der Waals surface area contributed by atoms with Crippen LogP contribution in [0.5, 0.6) is 0 Å². The first kappa shape index (κ1) is 19.8. The largest absolute Gasteiger partial charge is 0.410 e. The van der Waals surface area contributed by atoms with Gasteiger partial charge in [0.05, 0.1) is 17.9 Å². The second kappa shape index (κ2) is 7.38. The first-order valence-electron chi connectivity index (χ1n) is 9.97. The Hall–Kier alpha value is -2.52. The van der Waals surface area contributed by atoms with Crippen molar-refractivity contribution in [2.75, 3.05) is 11.9 Å². The molecule has 1 fully saturated rings. The SMILES string of the molecule is CC[C@@H]1C[C@H](C(F)(F)F)n2nc(C3CCCN3C(=O)Cn3cc(C)cn3)cc2N1. The van der Waals surface area contributed by atoms with Gasteiger partial charge < -0.3 is 10.2 Å². The second-order valence-corrected chi connectivity index (χ2v) is 7.90. The van der Waals surface area contributed by atoms with E-state index in [2.05, 4.69) is 15.5 Å². The molecule has 4 heterocycles. The van der Waals surface area contributed by atoms with Gasteiger partial charge in [-0.2, -0.15) is 23.4 Å². The Labute approximate surface area is 166 Å². The molecule has 2 aromatic heterocycles.